The van der Waals surface area contributed by atoms with Crippen LogP contribution in [-0.2, 0) is 10.2 Å². The third-order valence-electron chi connectivity index (χ3n) is 4.50. The zero-order valence-electron chi connectivity index (χ0n) is 10.9. The molecule has 0 saturated heterocycles. The molecule has 3 rings (SSSR count). The van der Waals surface area contributed by atoms with Crippen molar-refractivity contribution >= 4 is 51.7 Å². The fraction of sp³-hybridized carbons (Fsp3) is 0.538. The van der Waals surface area contributed by atoms with Crippen molar-refractivity contribution in [3.05, 3.63) is 21.3 Å². The first kappa shape index (κ1) is 15.9. The van der Waals surface area contributed by atoms with E-state index in [0.717, 1.165) is 22.3 Å². The van der Waals surface area contributed by atoms with Crippen molar-refractivity contribution in [2.24, 2.45) is 5.41 Å². The van der Waals surface area contributed by atoms with E-state index in [0.29, 0.717) is 24.4 Å². The first-order valence-electron chi connectivity index (χ1n) is 6.20. The second kappa shape index (κ2) is 5.04. The summed E-state index contributed by atoms with van der Waals surface area (Å²) < 4.78 is 0.764. The summed E-state index contributed by atoms with van der Waals surface area (Å²) in [5.41, 5.74) is 0.110. The Balaban J connectivity index is 0.00000147. The van der Waals surface area contributed by atoms with Gasteiger partial charge in [0.25, 0.3) is 0 Å². The number of hydrogen-bond acceptors (Lipinski definition) is 3. The van der Waals surface area contributed by atoms with Gasteiger partial charge in [0.15, 0.2) is 0 Å². The van der Waals surface area contributed by atoms with Crippen molar-refractivity contribution < 1.29 is 9.90 Å². The smallest absolute Gasteiger partial charge is 0.309 e. The topological polar surface area (TPSA) is 62.2 Å². The first-order valence-corrected chi connectivity index (χ1v) is 7.37. The minimum absolute atomic E-state index is 0. The minimum atomic E-state index is -0.725. The number of carboxylic acids is 1. The lowest BCUT2D eigenvalue weighted by molar-refractivity contribution is -0.147. The highest BCUT2D eigenvalue weighted by molar-refractivity contribution is 9.10. The number of halogens is 3. The SMILES string of the molecule is C[C@]1(C(=O)O)CC[C@@]2(CNc3ncc(Br)c(Cl)c32)C1.Cl. The normalized spacial score (nSPS) is 30.8. The highest BCUT2D eigenvalue weighted by Gasteiger charge is 2.54. The summed E-state index contributed by atoms with van der Waals surface area (Å²) in [5.74, 6) is 0.0692. The Hall–Kier alpha value is -0.520. The van der Waals surface area contributed by atoms with Gasteiger partial charge in [-0.3, -0.25) is 4.79 Å². The van der Waals surface area contributed by atoms with E-state index < -0.39 is 11.4 Å². The number of aliphatic carboxylic acids is 1. The van der Waals surface area contributed by atoms with Gasteiger partial charge in [-0.15, -0.1) is 12.4 Å². The molecule has 0 radical (unpaired) electrons. The quantitative estimate of drug-likeness (QED) is 0.775. The summed E-state index contributed by atoms with van der Waals surface area (Å²) >= 11 is 9.80. The van der Waals surface area contributed by atoms with Gasteiger partial charge in [0.2, 0.25) is 0 Å². The first-order chi connectivity index (χ1) is 8.88. The number of fused-ring (bicyclic) bond motifs is 2. The molecule has 0 aromatic carbocycles. The van der Waals surface area contributed by atoms with Crippen LogP contribution in [0.25, 0.3) is 0 Å². The van der Waals surface area contributed by atoms with E-state index in [4.69, 9.17) is 11.6 Å². The molecule has 1 fully saturated rings. The third kappa shape index (κ3) is 2.11. The molecule has 0 unspecified atom stereocenters. The van der Waals surface area contributed by atoms with Crippen molar-refractivity contribution in [3.8, 4) is 0 Å². The van der Waals surface area contributed by atoms with Crippen LogP contribution in [0.4, 0.5) is 5.82 Å². The van der Waals surface area contributed by atoms with Crippen molar-refractivity contribution in [2.45, 2.75) is 31.6 Å². The largest absolute Gasteiger partial charge is 0.481 e. The van der Waals surface area contributed by atoms with E-state index >= 15 is 0 Å². The Morgan fingerprint density at radius 3 is 2.85 bits per heavy atom. The lowest BCUT2D eigenvalue weighted by atomic mass is 9.77. The Morgan fingerprint density at radius 1 is 1.55 bits per heavy atom. The molecule has 1 spiro atoms. The number of aromatic nitrogens is 1. The van der Waals surface area contributed by atoms with Crippen LogP contribution < -0.4 is 5.32 Å². The molecule has 110 valence electrons. The summed E-state index contributed by atoms with van der Waals surface area (Å²) in [5, 5.41) is 13.3. The number of pyridine rings is 1. The summed E-state index contributed by atoms with van der Waals surface area (Å²) in [7, 11) is 0. The van der Waals surface area contributed by atoms with E-state index in [9.17, 15) is 9.90 Å². The molecule has 2 atom stereocenters. The Morgan fingerprint density at radius 2 is 2.25 bits per heavy atom. The molecule has 2 aliphatic rings. The van der Waals surface area contributed by atoms with Gasteiger partial charge in [-0.25, -0.2) is 4.98 Å². The van der Waals surface area contributed by atoms with Gasteiger partial charge >= 0.3 is 5.97 Å². The molecule has 2 heterocycles. The molecule has 1 aliphatic heterocycles. The van der Waals surface area contributed by atoms with Crippen molar-refractivity contribution in [3.63, 3.8) is 0 Å². The van der Waals surface area contributed by atoms with Crippen LogP contribution >= 0.6 is 39.9 Å². The van der Waals surface area contributed by atoms with Gasteiger partial charge in [0.05, 0.1) is 14.9 Å². The number of carbonyl (C=O) groups is 1. The van der Waals surface area contributed by atoms with Crippen molar-refractivity contribution in [1.29, 1.82) is 0 Å². The van der Waals surface area contributed by atoms with Gasteiger partial charge in [-0.05, 0) is 42.1 Å². The second-order valence-corrected chi connectivity index (χ2v) is 7.05. The van der Waals surface area contributed by atoms with E-state index in [1.807, 2.05) is 6.92 Å². The van der Waals surface area contributed by atoms with Crippen LogP contribution in [0.3, 0.4) is 0 Å². The lowest BCUT2D eigenvalue weighted by Crippen LogP contribution is -2.31. The number of anilines is 1. The molecule has 7 heteroatoms. The number of rotatable bonds is 1. The van der Waals surface area contributed by atoms with Crippen molar-refractivity contribution in [2.75, 3.05) is 11.9 Å². The Bertz CT molecular complexity index is 584. The summed E-state index contributed by atoms with van der Waals surface area (Å²) in [6.07, 6.45) is 3.78. The highest BCUT2D eigenvalue weighted by Crippen LogP contribution is 2.56. The Labute approximate surface area is 136 Å². The summed E-state index contributed by atoms with van der Waals surface area (Å²) in [4.78, 5) is 15.8. The third-order valence-corrected chi connectivity index (χ3v) is 5.72. The van der Waals surface area contributed by atoms with E-state index in [-0.39, 0.29) is 17.8 Å². The van der Waals surface area contributed by atoms with E-state index in [2.05, 4.69) is 26.2 Å². The molecule has 1 saturated carbocycles. The predicted molar refractivity (Wildman–Crippen MR) is 84.0 cm³/mol. The van der Waals surface area contributed by atoms with Gasteiger partial charge in [0.1, 0.15) is 5.82 Å². The van der Waals surface area contributed by atoms with Crippen LogP contribution in [0.5, 0.6) is 0 Å². The minimum Gasteiger partial charge on any atom is -0.481 e. The molecule has 20 heavy (non-hydrogen) atoms. The molecule has 0 bridgehead atoms. The van der Waals surface area contributed by atoms with E-state index in [1.54, 1.807) is 6.20 Å². The molecule has 1 aromatic rings. The monoisotopic (exact) mass is 380 g/mol. The average Bonchev–Trinajstić information content (AvgIpc) is 2.88. The molecule has 1 aliphatic carbocycles. The van der Waals surface area contributed by atoms with Crippen LogP contribution in [0, 0.1) is 5.41 Å². The maximum absolute atomic E-state index is 11.4. The lowest BCUT2D eigenvalue weighted by Gasteiger charge is -2.26. The number of carboxylic acid groups (broad SMARTS) is 1. The zero-order valence-corrected chi connectivity index (χ0v) is 14.0. The van der Waals surface area contributed by atoms with Gasteiger partial charge in [-0.1, -0.05) is 11.6 Å². The van der Waals surface area contributed by atoms with Crippen LogP contribution in [0.15, 0.2) is 10.7 Å². The Kier molecular flexibility index (Phi) is 4.00. The predicted octanol–water partition coefficient (Wildman–Crippen LogP) is 3.86. The highest BCUT2D eigenvalue weighted by atomic mass is 79.9. The molecule has 4 nitrogen and oxygen atoms in total. The summed E-state index contributed by atoms with van der Waals surface area (Å²) in [6, 6.07) is 0. The molecular formula is C13H15BrCl2N2O2. The standard InChI is InChI=1S/C13H14BrClN2O2.ClH/c1-12(11(18)19)2-3-13(5-12)6-17-10-8(13)9(15)7(14)4-16-10;/h4H,2-3,5-6H2,1H3,(H,16,17)(H,18,19);1H/t12-,13-;/m0./s1. The van der Waals surface area contributed by atoms with Crippen LogP contribution in [0.2, 0.25) is 5.02 Å². The molecule has 0 amide bonds. The summed E-state index contributed by atoms with van der Waals surface area (Å²) in [6.45, 7) is 2.54. The van der Waals surface area contributed by atoms with Gasteiger partial charge < -0.3 is 10.4 Å². The number of nitrogens with zero attached hydrogens (tertiary/aromatic N) is 1. The second-order valence-electron chi connectivity index (χ2n) is 5.82. The van der Waals surface area contributed by atoms with Crippen LogP contribution in [-0.4, -0.2) is 22.6 Å². The van der Waals surface area contributed by atoms with Gasteiger partial charge in [-0.2, -0.15) is 0 Å². The molecule has 1 aromatic heterocycles. The number of hydrogen-bond donors (Lipinski definition) is 2. The average molecular weight is 382 g/mol. The maximum atomic E-state index is 11.4. The van der Waals surface area contributed by atoms with E-state index in [1.165, 1.54) is 0 Å². The molecular weight excluding hydrogens is 367 g/mol. The van der Waals surface area contributed by atoms with Crippen LogP contribution in [0.1, 0.15) is 31.7 Å². The molecule has 2 N–H and O–H groups in total. The fourth-order valence-corrected chi connectivity index (χ4v) is 4.05. The van der Waals surface area contributed by atoms with Crippen molar-refractivity contribution in [1.82, 2.24) is 4.98 Å². The zero-order chi connectivity index (χ0) is 13.8. The maximum Gasteiger partial charge on any atom is 0.309 e. The van der Waals surface area contributed by atoms with Gasteiger partial charge in [0, 0.05) is 23.7 Å². The number of nitrogens with one attached hydrogen (secondary N) is 1. The fourth-order valence-electron chi connectivity index (χ4n) is 3.41.